The second-order valence-electron chi connectivity index (χ2n) is 7.12. The van der Waals surface area contributed by atoms with Gasteiger partial charge in [0.05, 0.1) is 11.7 Å². The van der Waals surface area contributed by atoms with Gasteiger partial charge in [-0.2, -0.15) is 0 Å². The summed E-state index contributed by atoms with van der Waals surface area (Å²) in [6.45, 7) is 3.76. The number of anilines is 1. The molecule has 0 amide bonds. The van der Waals surface area contributed by atoms with Crippen LogP contribution in [0.25, 0.3) is 11.1 Å². The van der Waals surface area contributed by atoms with Gasteiger partial charge in [0.2, 0.25) is 0 Å². The van der Waals surface area contributed by atoms with Crippen LogP contribution in [0.1, 0.15) is 27.6 Å². The average molecular weight is 425 g/mol. The van der Waals surface area contributed by atoms with Crippen LogP contribution in [0.4, 0.5) is 5.69 Å². The molecule has 0 bridgehead atoms. The van der Waals surface area contributed by atoms with Crippen LogP contribution in [0.3, 0.4) is 0 Å². The standard InChI is InChI=1S/C24H25ClN2O3/c1-16-8-9-19(24(29)30)14-22(16)17-4-3-7-21(13-17)27-11-10-26-15-23(28)18-5-2-6-20(25)12-18/h2-9,12-14,23,26-28H,10-11,15H2,1H3,(H,29,30)/t23-/m0/s1. The number of carbonyl (C=O) groups is 1. The molecule has 0 aromatic heterocycles. The Kier molecular flexibility index (Phi) is 7.46. The van der Waals surface area contributed by atoms with Crippen molar-refractivity contribution in [3.63, 3.8) is 0 Å². The summed E-state index contributed by atoms with van der Waals surface area (Å²) in [7, 11) is 0. The van der Waals surface area contributed by atoms with Crippen molar-refractivity contribution in [3.05, 3.63) is 88.4 Å². The number of carboxylic acid groups (broad SMARTS) is 1. The lowest BCUT2D eigenvalue weighted by Gasteiger charge is -2.14. The molecule has 156 valence electrons. The molecular weight excluding hydrogens is 400 g/mol. The van der Waals surface area contributed by atoms with Crippen molar-refractivity contribution >= 4 is 23.3 Å². The SMILES string of the molecule is Cc1ccc(C(=O)O)cc1-c1cccc(NCCNC[C@H](O)c2cccc(Cl)c2)c1. The Morgan fingerprint density at radius 3 is 2.60 bits per heavy atom. The van der Waals surface area contributed by atoms with Crippen molar-refractivity contribution in [2.75, 3.05) is 25.0 Å². The van der Waals surface area contributed by atoms with E-state index in [1.54, 1.807) is 24.3 Å². The predicted molar refractivity (Wildman–Crippen MR) is 121 cm³/mol. The molecule has 3 aromatic rings. The largest absolute Gasteiger partial charge is 0.478 e. The van der Waals surface area contributed by atoms with Crippen LogP contribution in [0.15, 0.2) is 66.7 Å². The molecule has 0 heterocycles. The number of aromatic carboxylic acids is 1. The van der Waals surface area contributed by atoms with E-state index < -0.39 is 12.1 Å². The van der Waals surface area contributed by atoms with Crippen LogP contribution < -0.4 is 10.6 Å². The number of halogens is 1. The summed E-state index contributed by atoms with van der Waals surface area (Å²) < 4.78 is 0. The van der Waals surface area contributed by atoms with Crippen LogP contribution in [0.2, 0.25) is 5.02 Å². The van der Waals surface area contributed by atoms with Gasteiger partial charge in [-0.05, 0) is 65.6 Å². The molecule has 30 heavy (non-hydrogen) atoms. The Hall–Kier alpha value is -2.86. The number of benzene rings is 3. The number of hydrogen-bond acceptors (Lipinski definition) is 4. The Labute approximate surface area is 181 Å². The molecule has 0 aliphatic rings. The number of aliphatic hydroxyl groups is 1. The van der Waals surface area contributed by atoms with Gasteiger partial charge in [0, 0.05) is 30.3 Å². The van der Waals surface area contributed by atoms with Crippen LogP contribution in [-0.2, 0) is 0 Å². The maximum absolute atomic E-state index is 11.3. The highest BCUT2D eigenvalue weighted by molar-refractivity contribution is 6.30. The summed E-state index contributed by atoms with van der Waals surface area (Å²) in [5.74, 6) is -0.934. The fourth-order valence-electron chi connectivity index (χ4n) is 3.23. The van der Waals surface area contributed by atoms with E-state index in [0.29, 0.717) is 24.7 Å². The number of rotatable bonds is 9. The highest BCUT2D eigenvalue weighted by atomic mass is 35.5. The van der Waals surface area contributed by atoms with Crippen LogP contribution in [-0.4, -0.2) is 35.8 Å². The van der Waals surface area contributed by atoms with Crippen LogP contribution in [0.5, 0.6) is 0 Å². The Morgan fingerprint density at radius 2 is 1.83 bits per heavy atom. The molecule has 0 spiro atoms. The highest BCUT2D eigenvalue weighted by Crippen LogP contribution is 2.27. The average Bonchev–Trinajstić information content (AvgIpc) is 2.73. The first-order valence-electron chi connectivity index (χ1n) is 9.76. The zero-order valence-corrected chi connectivity index (χ0v) is 17.5. The van der Waals surface area contributed by atoms with E-state index in [4.69, 9.17) is 11.6 Å². The van der Waals surface area contributed by atoms with Crippen LogP contribution >= 0.6 is 11.6 Å². The normalized spacial score (nSPS) is 11.8. The van der Waals surface area contributed by atoms with Crippen molar-refractivity contribution in [2.45, 2.75) is 13.0 Å². The quantitative estimate of drug-likeness (QED) is 0.373. The fraction of sp³-hybridized carbons (Fsp3) is 0.208. The van der Waals surface area contributed by atoms with E-state index in [1.165, 1.54) is 0 Å². The number of nitrogens with one attached hydrogen (secondary N) is 2. The van der Waals surface area contributed by atoms with Gasteiger partial charge in [0.1, 0.15) is 0 Å². The van der Waals surface area contributed by atoms with Gasteiger partial charge in [0.25, 0.3) is 0 Å². The van der Waals surface area contributed by atoms with Gasteiger partial charge in [-0.1, -0.05) is 41.9 Å². The first-order valence-corrected chi connectivity index (χ1v) is 10.1. The van der Waals surface area contributed by atoms with Gasteiger partial charge in [-0.25, -0.2) is 4.79 Å². The van der Waals surface area contributed by atoms with Crippen molar-refractivity contribution in [3.8, 4) is 11.1 Å². The molecule has 0 aliphatic carbocycles. The summed E-state index contributed by atoms with van der Waals surface area (Å²) in [6, 6.07) is 20.3. The van der Waals surface area contributed by atoms with E-state index in [1.807, 2.05) is 49.4 Å². The molecule has 1 atom stereocenters. The molecule has 3 aromatic carbocycles. The van der Waals surface area contributed by atoms with Gasteiger partial charge >= 0.3 is 5.97 Å². The molecule has 0 fully saturated rings. The van der Waals surface area contributed by atoms with E-state index in [0.717, 1.165) is 27.9 Å². The first-order chi connectivity index (χ1) is 14.4. The summed E-state index contributed by atoms with van der Waals surface area (Å²) in [5, 5.41) is 26.7. The smallest absolute Gasteiger partial charge is 0.335 e. The minimum absolute atomic E-state index is 0.274. The zero-order valence-electron chi connectivity index (χ0n) is 16.7. The third-order valence-electron chi connectivity index (χ3n) is 4.86. The van der Waals surface area contributed by atoms with Crippen molar-refractivity contribution < 1.29 is 15.0 Å². The summed E-state index contributed by atoms with van der Waals surface area (Å²) in [5.41, 5.74) is 4.90. The number of carboxylic acids is 1. The molecule has 0 radical (unpaired) electrons. The Morgan fingerprint density at radius 1 is 1.03 bits per heavy atom. The predicted octanol–water partition coefficient (Wildman–Crippen LogP) is 4.75. The molecule has 6 heteroatoms. The number of aryl methyl sites for hydroxylation is 1. The first kappa shape index (κ1) is 21.8. The van der Waals surface area contributed by atoms with Gasteiger partial charge in [-0.15, -0.1) is 0 Å². The molecule has 3 rings (SSSR count). The number of hydrogen-bond donors (Lipinski definition) is 4. The zero-order chi connectivity index (χ0) is 21.5. The molecule has 0 saturated heterocycles. The second-order valence-corrected chi connectivity index (χ2v) is 7.55. The second kappa shape index (κ2) is 10.3. The molecule has 0 aliphatic heterocycles. The molecule has 0 saturated carbocycles. The lowest BCUT2D eigenvalue weighted by Crippen LogP contribution is -2.26. The highest BCUT2D eigenvalue weighted by Gasteiger charge is 2.09. The topological polar surface area (TPSA) is 81.6 Å². The third kappa shape index (κ3) is 5.83. The molecule has 5 nitrogen and oxygen atoms in total. The fourth-order valence-corrected chi connectivity index (χ4v) is 3.43. The van der Waals surface area contributed by atoms with E-state index >= 15 is 0 Å². The van der Waals surface area contributed by atoms with Crippen molar-refractivity contribution in [1.82, 2.24) is 5.32 Å². The van der Waals surface area contributed by atoms with Crippen molar-refractivity contribution in [2.24, 2.45) is 0 Å². The maximum atomic E-state index is 11.3. The minimum atomic E-state index is -0.934. The van der Waals surface area contributed by atoms with Gasteiger partial charge in [0.15, 0.2) is 0 Å². The number of aliphatic hydroxyl groups excluding tert-OH is 1. The lowest BCUT2D eigenvalue weighted by molar-refractivity contribution is 0.0697. The van der Waals surface area contributed by atoms with Gasteiger partial charge < -0.3 is 20.8 Å². The summed E-state index contributed by atoms with van der Waals surface area (Å²) in [4.78, 5) is 11.3. The lowest BCUT2D eigenvalue weighted by atomic mass is 9.98. The monoisotopic (exact) mass is 424 g/mol. The van der Waals surface area contributed by atoms with E-state index in [9.17, 15) is 15.0 Å². The van der Waals surface area contributed by atoms with E-state index in [2.05, 4.69) is 10.6 Å². The van der Waals surface area contributed by atoms with Gasteiger partial charge in [-0.3, -0.25) is 0 Å². The molecule has 4 N–H and O–H groups in total. The van der Waals surface area contributed by atoms with E-state index in [-0.39, 0.29) is 5.56 Å². The van der Waals surface area contributed by atoms with Crippen LogP contribution in [0, 0.1) is 6.92 Å². The Balaban J connectivity index is 1.54. The van der Waals surface area contributed by atoms with Crippen molar-refractivity contribution in [1.29, 1.82) is 0 Å². The Bertz CT molecular complexity index is 1020. The molecular formula is C24H25ClN2O3. The summed E-state index contributed by atoms with van der Waals surface area (Å²) in [6.07, 6.45) is -0.614. The minimum Gasteiger partial charge on any atom is -0.478 e. The molecule has 0 unspecified atom stereocenters. The maximum Gasteiger partial charge on any atom is 0.335 e. The summed E-state index contributed by atoms with van der Waals surface area (Å²) >= 11 is 5.96. The third-order valence-corrected chi connectivity index (χ3v) is 5.10.